The monoisotopic (exact) mass is 410 g/mol. The molecule has 0 amide bonds. The van der Waals surface area contributed by atoms with Crippen LogP contribution in [-0.2, 0) is 18.8 Å². The van der Waals surface area contributed by atoms with Crippen molar-refractivity contribution in [2.24, 2.45) is 0 Å². The Hall–Kier alpha value is -2.66. The summed E-state index contributed by atoms with van der Waals surface area (Å²) in [7, 11) is -2.79. The predicted molar refractivity (Wildman–Crippen MR) is 119 cm³/mol. The number of carbonyl (C=O) groups is 2. The van der Waals surface area contributed by atoms with Crippen LogP contribution in [0.5, 0.6) is 0 Å². The standard InChI is InChI=1S/C24H30O4Si/c1-3-5-19-27-23(25)17-18-24(26)28-29(20-6-4-2,21-13-9-7-10-14-21)22-15-11-8-12-16-22/h7-18H,3-6,19-20H2,1-2H3. The zero-order chi connectivity index (χ0) is 21.0. The van der Waals surface area contributed by atoms with Gasteiger partial charge in [0, 0.05) is 12.2 Å². The van der Waals surface area contributed by atoms with Crippen molar-refractivity contribution in [1.82, 2.24) is 0 Å². The molecule has 154 valence electrons. The minimum atomic E-state index is -2.79. The molecule has 0 saturated heterocycles. The Balaban J connectivity index is 2.30. The Labute approximate surface area is 174 Å². The molecule has 0 bridgehead atoms. The number of hydrogen-bond acceptors (Lipinski definition) is 4. The molecule has 0 spiro atoms. The van der Waals surface area contributed by atoms with E-state index in [-0.39, 0.29) is 0 Å². The maximum absolute atomic E-state index is 12.7. The van der Waals surface area contributed by atoms with E-state index in [2.05, 4.69) is 6.92 Å². The SMILES string of the molecule is CCCCOC(=O)C=CC(=O)O[Si](CCCC)(c1ccccc1)c1ccccc1. The van der Waals surface area contributed by atoms with Gasteiger partial charge in [-0.2, -0.15) is 0 Å². The fourth-order valence-electron chi connectivity index (χ4n) is 3.17. The zero-order valence-electron chi connectivity index (χ0n) is 17.3. The first-order chi connectivity index (χ1) is 14.1. The second kappa shape index (κ2) is 12.0. The van der Waals surface area contributed by atoms with Crippen LogP contribution in [0.1, 0.15) is 39.5 Å². The molecule has 0 atom stereocenters. The number of unbranched alkanes of at least 4 members (excludes halogenated alkanes) is 2. The van der Waals surface area contributed by atoms with E-state index in [0.717, 1.165) is 48.2 Å². The molecule has 2 aromatic rings. The highest BCUT2D eigenvalue weighted by molar-refractivity contribution is 6.98. The van der Waals surface area contributed by atoms with Crippen LogP contribution < -0.4 is 10.4 Å². The van der Waals surface area contributed by atoms with Gasteiger partial charge in [0.15, 0.2) is 0 Å². The van der Waals surface area contributed by atoms with Crippen molar-refractivity contribution >= 4 is 30.6 Å². The number of carbonyl (C=O) groups excluding carboxylic acids is 2. The Bertz CT molecular complexity index is 748. The third-order valence-electron chi connectivity index (χ3n) is 4.74. The number of benzene rings is 2. The Kier molecular flexibility index (Phi) is 9.38. The zero-order valence-corrected chi connectivity index (χ0v) is 18.3. The van der Waals surface area contributed by atoms with Gasteiger partial charge < -0.3 is 9.16 Å². The van der Waals surface area contributed by atoms with Crippen LogP contribution in [0.3, 0.4) is 0 Å². The molecule has 5 heteroatoms. The van der Waals surface area contributed by atoms with E-state index in [1.54, 1.807) is 0 Å². The molecular formula is C24H30O4Si. The molecule has 4 nitrogen and oxygen atoms in total. The number of hydrogen-bond donors (Lipinski definition) is 0. The molecule has 0 aliphatic carbocycles. The lowest BCUT2D eigenvalue weighted by Gasteiger charge is -2.31. The molecule has 0 fully saturated rings. The highest BCUT2D eigenvalue weighted by Crippen LogP contribution is 2.18. The second-order valence-corrected chi connectivity index (χ2v) is 10.5. The van der Waals surface area contributed by atoms with Crippen LogP contribution in [0, 0.1) is 0 Å². The lowest BCUT2D eigenvalue weighted by molar-refractivity contribution is -0.138. The lowest BCUT2D eigenvalue weighted by atomic mass is 10.4. The van der Waals surface area contributed by atoms with Crippen LogP contribution in [-0.4, -0.2) is 26.9 Å². The van der Waals surface area contributed by atoms with Crippen molar-refractivity contribution in [3.8, 4) is 0 Å². The fourth-order valence-corrected chi connectivity index (χ4v) is 7.14. The van der Waals surface area contributed by atoms with E-state index in [1.165, 1.54) is 6.08 Å². The maximum atomic E-state index is 12.7. The molecule has 0 unspecified atom stereocenters. The quantitative estimate of drug-likeness (QED) is 0.243. The summed E-state index contributed by atoms with van der Waals surface area (Å²) >= 11 is 0. The number of esters is 1. The third kappa shape index (κ3) is 6.71. The van der Waals surface area contributed by atoms with E-state index < -0.39 is 20.3 Å². The van der Waals surface area contributed by atoms with Crippen LogP contribution in [0.4, 0.5) is 0 Å². The lowest BCUT2D eigenvalue weighted by Crippen LogP contribution is -2.61. The van der Waals surface area contributed by atoms with Gasteiger partial charge in [-0.05, 0) is 22.8 Å². The summed E-state index contributed by atoms with van der Waals surface area (Å²) in [5.74, 6) is -1.02. The largest absolute Gasteiger partial charge is 0.507 e. The van der Waals surface area contributed by atoms with Crippen molar-refractivity contribution in [2.45, 2.75) is 45.6 Å². The molecule has 0 N–H and O–H groups in total. The topological polar surface area (TPSA) is 52.6 Å². The number of ether oxygens (including phenoxy) is 1. The first-order valence-electron chi connectivity index (χ1n) is 10.3. The van der Waals surface area contributed by atoms with Gasteiger partial charge in [0.05, 0.1) is 6.61 Å². The van der Waals surface area contributed by atoms with Crippen LogP contribution >= 0.6 is 0 Å². The van der Waals surface area contributed by atoms with Gasteiger partial charge >= 0.3 is 20.3 Å². The predicted octanol–water partition coefficient (Wildman–Crippen LogP) is 3.99. The Morgan fingerprint density at radius 3 is 1.83 bits per heavy atom. The van der Waals surface area contributed by atoms with Gasteiger partial charge in [-0.25, -0.2) is 9.59 Å². The van der Waals surface area contributed by atoms with Crippen molar-refractivity contribution < 1.29 is 18.8 Å². The minimum absolute atomic E-state index is 0.359. The molecule has 0 aromatic heterocycles. The molecule has 0 heterocycles. The fraction of sp³-hybridized carbons (Fsp3) is 0.333. The summed E-state index contributed by atoms with van der Waals surface area (Å²) in [6, 6.07) is 20.7. The van der Waals surface area contributed by atoms with E-state index in [1.807, 2.05) is 67.6 Å². The van der Waals surface area contributed by atoms with Gasteiger partial charge in [-0.15, -0.1) is 0 Å². The van der Waals surface area contributed by atoms with Gasteiger partial charge in [-0.1, -0.05) is 93.8 Å². The summed E-state index contributed by atoms with van der Waals surface area (Å²) < 4.78 is 11.3. The molecule has 0 radical (unpaired) electrons. The van der Waals surface area contributed by atoms with Crippen molar-refractivity contribution in [3.63, 3.8) is 0 Å². The second-order valence-electron chi connectivity index (χ2n) is 6.94. The van der Waals surface area contributed by atoms with E-state index in [0.29, 0.717) is 6.61 Å². The van der Waals surface area contributed by atoms with E-state index in [4.69, 9.17) is 9.16 Å². The van der Waals surface area contributed by atoms with Gasteiger partial charge in [0.1, 0.15) is 0 Å². The van der Waals surface area contributed by atoms with Gasteiger partial charge in [-0.3, -0.25) is 0 Å². The van der Waals surface area contributed by atoms with Crippen molar-refractivity contribution in [1.29, 1.82) is 0 Å². The Morgan fingerprint density at radius 2 is 1.31 bits per heavy atom. The van der Waals surface area contributed by atoms with Crippen LogP contribution in [0.15, 0.2) is 72.8 Å². The van der Waals surface area contributed by atoms with Gasteiger partial charge in [0.25, 0.3) is 0 Å². The minimum Gasteiger partial charge on any atom is -0.507 e. The van der Waals surface area contributed by atoms with Crippen molar-refractivity contribution in [2.75, 3.05) is 6.61 Å². The normalized spacial score (nSPS) is 11.4. The summed E-state index contributed by atoms with van der Waals surface area (Å²) in [6.07, 6.45) is 6.05. The van der Waals surface area contributed by atoms with Crippen molar-refractivity contribution in [3.05, 3.63) is 72.8 Å². The highest BCUT2D eigenvalue weighted by atomic mass is 28.4. The molecule has 29 heavy (non-hydrogen) atoms. The van der Waals surface area contributed by atoms with Crippen LogP contribution in [0.2, 0.25) is 6.04 Å². The van der Waals surface area contributed by atoms with E-state index in [9.17, 15) is 9.59 Å². The maximum Gasteiger partial charge on any atom is 0.331 e. The molecule has 2 aromatic carbocycles. The average Bonchev–Trinajstić information content (AvgIpc) is 2.76. The average molecular weight is 411 g/mol. The molecule has 2 rings (SSSR count). The summed E-state index contributed by atoms with van der Waals surface area (Å²) in [4.78, 5) is 24.5. The molecule has 0 aliphatic heterocycles. The smallest absolute Gasteiger partial charge is 0.331 e. The molecule has 0 saturated carbocycles. The highest BCUT2D eigenvalue weighted by Gasteiger charge is 2.42. The summed E-state index contributed by atoms with van der Waals surface area (Å²) in [6.45, 7) is 4.51. The summed E-state index contributed by atoms with van der Waals surface area (Å²) in [5, 5.41) is 2.10. The number of rotatable bonds is 11. The first-order valence-corrected chi connectivity index (χ1v) is 12.4. The molecule has 0 aliphatic rings. The third-order valence-corrected chi connectivity index (χ3v) is 8.87. The Morgan fingerprint density at radius 1 is 0.793 bits per heavy atom. The van der Waals surface area contributed by atoms with Crippen LogP contribution in [0.25, 0.3) is 0 Å². The first kappa shape index (κ1) is 22.6. The molecular weight excluding hydrogens is 380 g/mol. The summed E-state index contributed by atoms with van der Waals surface area (Å²) in [5.41, 5.74) is 0. The van der Waals surface area contributed by atoms with Gasteiger partial charge in [0.2, 0.25) is 0 Å². The van der Waals surface area contributed by atoms with E-state index >= 15 is 0 Å².